The Bertz CT molecular complexity index is 3270. The van der Waals surface area contributed by atoms with E-state index < -0.39 is 0 Å². The van der Waals surface area contributed by atoms with Crippen LogP contribution in [-0.2, 0) is 21.7 Å². The van der Waals surface area contributed by atoms with Crippen molar-refractivity contribution in [3.63, 3.8) is 0 Å². The number of rotatable bonds is 0. The van der Waals surface area contributed by atoms with Crippen molar-refractivity contribution in [1.82, 2.24) is 14.1 Å². The molecule has 0 N–H and O–H groups in total. The Kier molecular flexibility index (Phi) is 6.59. The molecule has 6 aromatic carbocycles. The lowest BCUT2D eigenvalue weighted by molar-refractivity contribution is 0.590. The van der Waals surface area contributed by atoms with Crippen LogP contribution in [0.4, 0.5) is 0 Å². The second-order valence-electron chi connectivity index (χ2n) is 21.4. The summed E-state index contributed by atoms with van der Waals surface area (Å²) in [6, 6.07) is 35.9. The lowest BCUT2D eigenvalue weighted by atomic mass is 9.33. The monoisotopic (exact) mass is 741 g/mol. The molecule has 0 aliphatic carbocycles. The van der Waals surface area contributed by atoms with Gasteiger partial charge in [0.05, 0.1) is 22.2 Å². The standard InChI is InChI=1S/C53H52BN3/c1-50(2,3)29-17-19-43-35(21-29)37-23-31(52(7,8)9)25-40-47(37)56(43)45-27-34-33-15-13-14-16-42(33)55-28-39(34)49-46(45)54(40)41-26-32(53(10,11)12)24-38-36-22-30(51(4,5)6)18-20-44(36)57(49)48(38)41/h13-28H,1-12H3. The molecular weight excluding hydrogens is 689 g/mol. The quantitative estimate of drug-likeness (QED) is 0.112. The third-order valence-electron chi connectivity index (χ3n) is 13.5. The highest BCUT2D eigenvalue weighted by Crippen LogP contribution is 2.45. The highest BCUT2D eigenvalue weighted by molar-refractivity contribution is 7.00. The van der Waals surface area contributed by atoms with Crippen molar-refractivity contribution in [1.29, 1.82) is 0 Å². The van der Waals surface area contributed by atoms with E-state index in [1.165, 1.54) is 110 Å². The van der Waals surface area contributed by atoms with E-state index in [1.807, 2.05) is 0 Å². The molecule has 0 fully saturated rings. The molecule has 57 heavy (non-hydrogen) atoms. The van der Waals surface area contributed by atoms with Crippen LogP contribution in [0.1, 0.15) is 105 Å². The molecule has 0 amide bonds. The Balaban J connectivity index is 1.43. The lowest BCUT2D eigenvalue weighted by Gasteiger charge is -2.36. The fourth-order valence-electron chi connectivity index (χ4n) is 10.3. The molecule has 3 nitrogen and oxygen atoms in total. The molecule has 0 saturated carbocycles. The molecule has 9 aromatic rings. The number of hydrogen-bond donors (Lipinski definition) is 0. The first-order valence-electron chi connectivity index (χ1n) is 20.9. The van der Waals surface area contributed by atoms with Crippen LogP contribution in [0.3, 0.4) is 0 Å². The van der Waals surface area contributed by atoms with Gasteiger partial charge < -0.3 is 9.13 Å². The van der Waals surface area contributed by atoms with E-state index in [2.05, 4.69) is 189 Å². The van der Waals surface area contributed by atoms with Crippen LogP contribution in [0.25, 0.3) is 76.7 Å². The minimum absolute atomic E-state index is 0.0236. The largest absolute Gasteiger partial charge is 0.310 e. The number of fused-ring (bicyclic) bond motifs is 14. The maximum atomic E-state index is 5.18. The maximum Gasteiger partial charge on any atom is 0.252 e. The molecule has 0 bridgehead atoms. The molecule has 0 atom stereocenters. The van der Waals surface area contributed by atoms with E-state index in [0.717, 1.165) is 5.52 Å². The lowest BCUT2D eigenvalue weighted by Crippen LogP contribution is -2.59. The van der Waals surface area contributed by atoms with Crippen molar-refractivity contribution in [3.05, 3.63) is 119 Å². The summed E-state index contributed by atoms with van der Waals surface area (Å²) in [5, 5.41) is 9.02. The molecule has 282 valence electrons. The minimum atomic E-state index is -0.0361. The predicted octanol–water partition coefficient (Wildman–Crippen LogP) is 11.9. The van der Waals surface area contributed by atoms with E-state index in [-0.39, 0.29) is 28.4 Å². The van der Waals surface area contributed by atoms with Crippen LogP contribution in [0, 0.1) is 0 Å². The fourth-order valence-corrected chi connectivity index (χ4v) is 10.3. The molecule has 11 rings (SSSR count). The Morgan fingerprint density at radius 3 is 1.47 bits per heavy atom. The van der Waals surface area contributed by atoms with E-state index in [4.69, 9.17) is 4.98 Å². The van der Waals surface area contributed by atoms with Gasteiger partial charge in [0.2, 0.25) is 0 Å². The van der Waals surface area contributed by atoms with Crippen molar-refractivity contribution < 1.29 is 0 Å². The van der Waals surface area contributed by atoms with Crippen molar-refractivity contribution in [2.24, 2.45) is 0 Å². The average molecular weight is 742 g/mol. The summed E-state index contributed by atoms with van der Waals surface area (Å²) < 4.78 is 5.29. The molecular formula is C53H52BN3. The third-order valence-corrected chi connectivity index (χ3v) is 13.5. The van der Waals surface area contributed by atoms with Crippen LogP contribution in [0.2, 0.25) is 0 Å². The van der Waals surface area contributed by atoms with Crippen LogP contribution in [-0.4, -0.2) is 20.8 Å². The Morgan fingerprint density at radius 2 is 0.930 bits per heavy atom. The molecule has 0 unspecified atom stereocenters. The number of nitrogens with zero attached hydrogens (tertiary/aromatic N) is 3. The van der Waals surface area contributed by atoms with Crippen molar-refractivity contribution >= 4 is 88.4 Å². The molecule has 5 heterocycles. The van der Waals surface area contributed by atoms with Gasteiger partial charge in [0, 0.05) is 55.2 Å². The molecule has 4 heteroatoms. The molecule has 0 saturated heterocycles. The van der Waals surface area contributed by atoms with Gasteiger partial charge in [-0.2, -0.15) is 0 Å². The van der Waals surface area contributed by atoms with E-state index >= 15 is 0 Å². The van der Waals surface area contributed by atoms with E-state index in [9.17, 15) is 0 Å². The summed E-state index contributed by atoms with van der Waals surface area (Å²) in [5.41, 5.74) is 18.5. The topological polar surface area (TPSA) is 22.8 Å². The fraction of sp³-hybridized carbons (Fsp3) is 0.302. The van der Waals surface area contributed by atoms with E-state index in [0.29, 0.717) is 0 Å². The van der Waals surface area contributed by atoms with Crippen LogP contribution in [0.5, 0.6) is 0 Å². The predicted molar refractivity (Wildman–Crippen MR) is 247 cm³/mol. The number of hydrogen-bond acceptors (Lipinski definition) is 1. The molecule has 0 radical (unpaired) electrons. The van der Waals surface area contributed by atoms with Gasteiger partial charge >= 0.3 is 0 Å². The SMILES string of the molecule is CC(C)(C)c1ccc2c(c1)c1cc(C(C)(C)C)cc3c1n2-c1cc2c(cnc4ccccc42)c2c1B3c1cc(C(C)(C)C)cc3c4cc(C(C)(C)C)ccc4n-2c13. The summed E-state index contributed by atoms with van der Waals surface area (Å²) in [4.78, 5) is 5.18. The van der Waals surface area contributed by atoms with Crippen LogP contribution in [0.15, 0.2) is 97.2 Å². The highest BCUT2D eigenvalue weighted by atomic mass is 15.0. The molecule has 2 aliphatic rings. The smallest absolute Gasteiger partial charge is 0.252 e. The van der Waals surface area contributed by atoms with Gasteiger partial charge in [-0.25, -0.2) is 0 Å². The van der Waals surface area contributed by atoms with Crippen LogP contribution >= 0.6 is 0 Å². The summed E-state index contributed by atoms with van der Waals surface area (Å²) in [5.74, 6) is 0. The normalized spacial score (nSPS) is 14.3. The van der Waals surface area contributed by atoms with E-state index in [1.54, 1.807) is 0 Å². The van der Waals surface area contributed by atoms with Crippen LogP contribution < -0.4 is 16.4 Å². The van der Waals surface area contributed by atoms with Crippen molar-refractivity contribution in [2.45, 2.75) is 105 Å². The van der Waals surface area contributed by atoms with Gasteiger partial charge in [0.1, 0.15) is 0 Å². The van der Waals surface area contributed by atoms with Crippen molar-refractivity contribution in [3.8, 4) is 11.4 Å². The van der Waals surface area contributed by atoms with Gasteiger partial charge in [0.25, 0.3) is 6.71 Å². The Hall–Kier alpha value is -5.35. The molecule has 0 spiro atoms. The summed E-state index contributed by atoms with van der Waals surface area (Å²) in [6.45, 7) is 28.3. The third kappa shape index (κ3) is 4.65. The number of benzene rings is 6. The first-order chi connectivity index (χ1) is 26.8. The van der Waals surface area contributed by atoms with Gasteiger partial charge in [-0.3, -0.25) is 4.98 Å². The average Bonchev–Trinajstić information content (AvgIpc) is 3.66. The Morgan fingerprint density at radius 1 is 0.439 bits per heavy atom. The summed E-state index contributed by atoms with van der Waals surface area (Å²) in [6.07, 6.45) is 2.17. The second kappa shape index (κ2) is 10.8. The first-order valence-corrected chi connectivity index (χ1v) is 20.9. The zero-order valence-corrected chi connectivity index (χ0v) is 35.7. The second-order valence-corrected chi connectivity index (χ2v) is 21.4. The molecule has 2 aliphatic heterocycles. The number of pyridine rings is 1. The van der Waals surface area contributed by atoms with Crippen molar-refractivity contribution in [2.75, 3.05) is 0 Å². The maximum absolute atomic E-state index is 5.18. The summed E-state index contributed by atoms with van der Waals surface area (Å²) in [7, 11) is 0. The molecule has 3 aromatic heterocycles. The van der Waals surface area contributed by atoms with Gasteiger partial charge in [0.15, 0.2) is 0 Å². The Labute approximate surface area is 336 Å². The zero-order valence-electron chi connectivity index (χ0n) is 35.7. The minimum Gasteiger partial charge on any atom is -0.310 e. The van der Waals surface area contributed by atoms with Gasteiger partial charge in [-0.1, -0.05) is 126 Å². The number of para-hydroxylation sites is 1. The highest BCUT2D eigenvalue weighted by Gasteiger charge is 2.43. The first kappa shape index (κ1) is 34.9. The summed E-state index contributed by atoms with van der Waals surface area (Å²) >= 11 is 0. The number of aromatic nitrogens is 3. The zero-order chi connectivity index (χ0) is 39.9. The van der Waals surface area contributed by atoms with Gasteiger partial charge in [-0.15, -0.1) is 0 Å². The van der Waals surface area contributed by atoms with Gasteiger partial charge in [-0.05, 0) is 114 Å².